The van der Waals surface area contributed by atoms with Gasteiger partial charge in [0, 0.05) is 23.1 Å². The Bertz CT molecular complexity index is 1200. The van der Waals surface area contributed by atoms with Crippen molar-refractivity contribution in [2.24, 2.45) is 0 Å². The number of amides is 1. The van der Waals surface area contributed by atoms with Gasteiger partial charge in [0.2, 0.25) is 5.95 Å². The highest BCUT2D eigenvalue weighted by molar-refractivity contribution is 7.92. The number of carbonyl (C=O) groups excluding carboxylic acids is 1. The van der Waals surface area contributed by atoms with E-state index in [0.717, 1.165) is 0 Å². The quantitative estimate of drug-likeness (QED) is 0.504. The van der Waals surface area contributed by atoms with Crippen molar-refractivity contribution in [3.05, 3.63) is 66.0 Å². The number of nitrogens with one attached hydrogen (secondary N) is 2. The van der Waals surface area contributed by atoms with Gasteiger partial charge < -0.3 is 14.8 Å². The van der Waals surface area contributed by atoms with Crippen molar-refractivity contribution in [1.82, 2.24) is 9.97 Å². The molecule has 0 atom stereocenters. The largest absolute Gasteiger partial charge is 0.490 e. The lowest BCUT2D eigenvalue weighted by molar-refractivity contribution is 0.102. The highest BCUT2D eigenvalue weighted by Gasteiger charge is 2.17. The third-order valence-electron chi connectivity index (χ3n) is 4.25. The third kappa shape index (κ3) is 5.73. The minimum atomic E-state index is -3.87. The van der Waals surface area contributed by atoms with Gasteiger partial charge in [0.1, 0.15) is 0 Å². The van der Waals surface area contributed by atoms with Crippen molar-refractivity contribution >= 4 is 27.6 Å². The molecule has 0 saturated carbocycles. The van der Waals surface area contributed by atoms with Crippen LogP contribution in [0.5, 0.6) is 11.5 Å². The minimum Gasteiger partial charge on any atom is -0.490 e. The average Bonchev–Trinajstić information content (AvgIpc) is 2.75. The molecule has 1 heterocycles. The SMILES string of the molecule is CCOc1ccc(C(=O)Nc2ccc(S(=O)(=O)Nc3nccc(C)n3)cc2)cc1OCC. The molecule has 0 saturated heterocycles. The van der Waals surface area contributed by atoms with Crippen LogP contribution in [0.4, 0.5) is 11.6 Å². The Hall–Kier alpha value is -3.66. The van der Waals surface area contributed by atoms with E-state index in [1.165, 1.54) is 30.5 Å². The van der Waals surface area contributed by atoms with Gasteiger partial charge in [-0.05, 0) is 69.3 Å². The highest BCUT2D eigenvalue weighted by Crippen LogP contribution is 2.29. The summed E-state index contributed by atoms with van der Waals surface area (Å²) in [6.45, 7) is 6.36. The van der Waals surface area contributed by atoms with E-state index in [9.17, 15) is 13.2 Å². The molecule has 3 aromatic rings. The first-order chi connectivity index (χ1) is 15.3. The van der Waals surface area contributed by atoms with Crippen molar-refractivity contribution in [3.8, 4) is 11.5 Å². The van der Waals surface area contributed by atoms with E-state index in [0.29, 0.717) is 41.7 Å². The predicted molar refractivity (Wildman–Crippen MR) is 121 cm³/mol. The molecular formula is C22H24N4O5S. The maximum atomic E-state index is 12.6. The molecule has 0 bridgehead atoms. The van der Waals surface area contributed by atoms with Gasteiger partial charge in [0.15, 0.2) is 11.5 Å². The van der Waals surface area contributed by atoms with Gasteiger partial charge in [0.05, 0.1) is 18.1 Å². The van der Waals surface area contributed by atoms with E-state index >= 15 is 0 Å². The Morgan fingerprint density at radius 1 is 0.969 bits per heavy atom. The van der Waals surface area contributed by atoms with Gasteiger partial charge in [-0.25, -0.2) is 23.1 Å². The predicted octanol–water partition coefficient (Wildman–Crippen LogP) is 3.64. The number of ether oxygens (including phenoxy) is 2. The molecule has 1 amide bonds. The van der Waals surface area contributed by atoms with Gasteiger partial charge in [-0.2, -0.15) is 0 Å². The van der Waals surface area contributed by atoms with Gasteiger partial charge >= 0.3 is 0 Å². The van der Waals surface area contributed by atoms with Crippen LogP contribution in [0.15, 0.2) is 59.6 Å². The molecule has 0 aliphatic heterocycles. The van der Waals surface area contributed by atoms with Crippen molar-refractivity contribution in [3.63, 3.8) is 0 Å². The fraction of sp³-hybridized carbons (Fsp3) is 0.227. The van der Waals surface area contributed by atoms with Crippen molar-refractivity contribution < 1.29 is 22.7 Å². The zero-order valence-corrected chi connectivity index (χ0v) is 18.8. The van der Waals surface area contributed by atoms with Gasteiger partial charge in [-0.3, -0.25) is 4.79 Å². The summed E-state index contributed by atoms with van der Waals surface area (Å²) in [5.74, 6) is 0.664. The monoisotopic (exact) mass is 456 g/mol. The number of nitrogens with zero attached hydrogens (tertiary/aromatic N) is 2. The van der Waals surface area contributed by atoms with Crippen molar-refractivity contribution in [1.29, 1.82) is 0 Å². The van der Waals surface area contributed by atoms with E-state index in [2.05, 4.69) is 20.0 Å². The summed E-state index contributed by atoms with van der Waals surface area (Å²) >= 11 is 0. The molecule has 0 spiro atoms. The van der Waals surface area contributed by atoms with Gasteiger partial charge in [-0.1, -0.05) is 0 Å². The number of hydrogen-bond donors (Lipinski definition) is 2. The Kier molecular flexibility index (Phi) is 7.26. The number of aryl methyl sites for hydroxylation is 1. The first-order valence-corrected chi connectivity index (χ1v) is 11.4. The second kappa shape index (κ2) is 10.1. The van der Waals surface area contributed by atoms with E-state index in [1.807, 2.05) is 13.8 Å². The van der Waals surface area contributed by atoms with E-state index in [1.54, 1.807) is 31.2 Å². The number of aromatic nitrogens is 2. The lowest BCUT2D eigenvalue weighted by atomic mass is 10.2. The Labute approximate surface area is 186 Å². The molecule has 0 unspecified atom stereocenters. The van der Waals surface area contributed by atoms with Crippen molar-refractivity contribution in [2.45, 2.75) is 25.7 Å². The van der Waals surface area contributed by atoms with Crippen LogP contribution in [0, 0.1) is 6.92 Å². The molecule has 168 valence electrons. The lowest BCUT2D eigenvalue weighted by Crippen LogP contribution is -2.16. The summed E-state index contributed by atoms with van der Waals surface area (Å²) in [4.78, 5) is 20.6. The van der Waals surface area contributed by atoms with Crippen LogP contribution < -0.4 is 19.5 Å². The Morgan fingerprint density at radius 2 is 1.66 bits per heavy atom. The average molecular weight is 457 g/mol. The summed E-state index contributed by atoms with van der Waals surface area (Å²) in [5, 5.41) is 2.74. The van der Waals surface area contributed by atoms with E-state index in [4.69, 9.17) is 9.47 Å². The number of sulfonamides is 1. The lowest BCUT2D eigenvalue weighted by Gasteiger charge is -2.13. The Morgan fingerprint density at radius 3 is 2.31 bits per heavy atom. The zero-order chi connectivity index (χ0) is 23.1. The van der Waals surface area contributed by atoms with Crippen LogP contribution in [0.3, 0.4) is 0 Å². The van der Waals surface area contributed by atoms with Crippen LogP contribution in [-0.4, -0.2) is 37.5 Å². The van der Waals surface area contributed by atoms with E-state index in [-0.39, 0.29) is 16.8 Å². The summed E-state index contributed by atoms with van der Waals surface area (Å²) in [7, 11) is -3.87. The molecule has 0 radical (unpaired) electrons. The molecule has 2 N–H and O–H groups in total. The van der Waals surface area contributed by atoms with Crippen LogP contribution in [-0.2, 0) is 10.0 Å². The second-order valence-corrected chi connectivity index (χ2v) is 8.32. The second-order valence-electron chi connectivity index (χ2n) is 6.63. The number of rotatable bonds is 9. The molecule has 2 aromatic carbocycles. The number of carbonyl (C=O) groups is 1. The Balaban J connectivity index is 1.72. The molecule has 1 aromatic heterocycles. The van der Waals surface area contributed by atoms with Crippen LogP contribution >= 0.6 is 0 Å². The molecule has 0 aliphatic carbocycles. The van der Waals surface area contributed by atoms with Crippen molar-refractivity contribution in [2.75, 3.05) is 23.3 Å². The van der Waals surface area contributed by atoms with Gasteiger partial charge in [0.25, 0.3) is 15.9 Å². The van der Waals surface area contributed by atoms with Crippen LogP contribution in [0.1, 0.15) is 29.9 Å². The molecule has 10 heteroatoms. The summed E-state index contributed by atoms with van der Waals surface area (Å²) in [6, 6.07) is 12.4. The number of benzene rings is 2. The first kappa shape index (κ1) is 23.0. The molecular weight excluding hydrogens is 432 g/mol. The summed E-state index contributed by atoms with van der Waals surface area (Å²) < 4.78 is 38.5. The minimum absolute atomic E-state index is 0.0111. The summed E-state index contributed by atoms with van der Waals surface area (Å²) in [5.41, 5.74) is 1.46. The number of anilines is 2. The standard InChI is InChI=1S/C22H24N4O5S/c1-4-30-19-11-6-16(14-20(19)31-5-2)21(27)25-17-7-9-18(10-8-17)32(28,29)26-22-23-13-12-15(3)24-22/h6-14H,4-5H2,1-3H3,(H,25,27)(H,23,24,26). The van der Waals surface area contributed by atoms with E-state index < -0.39 is 10.0 Å². The molecule has 3 rings (SSSR count). The topological polar surface area (TPSA) is 120 Å². The first-order valence-electron chi connectivity index (χ1n) is 9.96. The molecule has 9 nitrogen and oxygen atoms in total. The fourth-order valence-electron chi connectivity index (χ4n) is 2.79. The maximum absolute atomic E-state index is 12.6. The third-order valence-corrected chi connectivity index (χ3v) is 5.59. The molecule has 32 heavy (non-hydrogen) atoms. The number of hydrogen-bond acceptors (Lipinski definition) is 7. The normalized spacial score (nSPS) is 11.0. The summed E-state index contributed by atoms with van der Waals surface area (Å²) in [6.07, 6.45) is 1.47. The van der Waals surface area contributed by atoms with Crippen LogP contribution in [0.25, 0.3) is 0 Å². The highest BCUT2D eigenvalue weighted by atomic mass is 32.2. The zero-order valence-electron chi connectivity index (χ0n) is 18.0. The maximum Gasteiger partial charge on any atom is 0.264 e. The molecule has 0 aliphatic rings. The smallest absolute Gasteiger partial charge is 0.264 e. The van der Waals surface area contributed by atoms with Crippen LogP contribution in [0.2, 0.25) is 0 Å². The molecule has 0 fully saturated rings. The fourth-order valence-corrected chi connectivity index (χ4v) is 3.74. The van der Waals surface area contributed by atoms with Gasteiger partial charge in [-0.15, -0.1) is 0 Å².